The molecule has 0 atom stereocenters. The van der Waals surface area contributed by atoms with Crippen LogP contribution in [0.5, 0.6) is 0 Å². The second-order valence-electron chi connectivity index (χ2n) is 4.41. The molecule has 0 aliphatic carbocycles. The molecule has 0 aliphatic heterocycles. The molecule has 0 spiro atoms. The number of hydrogen-bond acceptors (Lipinski definition) is 3. The van der Waals surface area contributed by atoms with Gasteiger partial charge >= 0.3 is 6.09 Å². The predicted octanol–water partition coefficient (Wildman–Crippen LogP) is 4.31. The molecule has 0 saturated heterocycles. The molecule has 0 heterocycles. The first-order chi connectivity index (χ1) is 9.67. The van der Waals surface area contributed by atoms with Gasteiger partial charge in [0.15, 0.2) is 0 Å². The van der Waals surface area contributed by atoms with Gasteiger partial charge in [-0.05, 0) is 50.2 Å². The molecule has 0 bridgehead atoms. The maximum Gasteiger partial charge on any atom is 0.411 e. The van der Waals surface area contributed by atoms with Crippen LogP contribution < -0.4 is 10.6 Å². The average Bonchev–Trinajstić information content (AvgIpc) is 2.44. The fraction of sp³-hybridized carbons (Fsp3) is 0.188. The number of benzene rings is 2. The Hall–Kier alpha value is -2.49. The number of nitrogens with one attached hydrogen (secondary N) is 2. The van der Waals surface area contributed by atoms with Gasteiger partial charge in [-0.2, -0.15) is 0 Å². The minimum atomic E-state index is -0.438. The molecule has 2 N–H and O–H groups in total. The Kier molecular flexibility index (Phi) is 4.60. The second kappa shape index (κ2) is 6.61. The number of carbonyl (C=O) groups excluding carboxylic acids is 1. The molecule has 0 radical (unpaired) electrons. The van der Waals surface area contributed by atoms with E-state index < -0.39 is 6.09 Å². The third kappa shape index (κ3) is 4.02. The van der Waals surface area contributed by atoms with E-state index in [1.54, 1.807) is 6.92 Å². The van der Waals surface area contributed by atoms with Crippen molar-refractivity contribution < 1.29 is 9.53 Å². The molecule has 2 aromatic rings. The molecular formula is C16H18N2O2. The van der Waals surface area contributed by atoms with E-state index in [1.165, 1.54) is 5.56 Å². The van der Waals surface area contributed by atoms with E-state index in [0.717, 1.165) is 11.4 Å². The lowest BCUT2D eigenvalue weighted by Gasteiger charge is -2.09. The molecule has 0 fully saturated rings. The maximum absolute atomic E-state index is 11.3. The monoisotopic (exact) mass is 270 g/mol. The Labute approximate surface area is 118 Å². The molecule has 0 aliphatic rings. The highest BCUT2D eigenvalue weighted by atomic mass is 16.5. The summed E-state index contributed by atoms with van der Waals surface area (Å²) in [4.78, 5) is 11.3. The van der Waals surface area contributed by atoms with Gasteiger partial charge in [0.1, 0.15) is 0 Å². The summed E-state index contributed by atoms with van der Waals surface area (Å²) in [5.74, 6) is 0. The van der Waals surface area contributed by atoms with Gasteiger partial charge in [0.2, 0.25) is 0 Å². The maximum atomic E-state index is 11.3. The lowest BCUT2D eigenvalue weighted by Crippen LogP contribution is -2.13. The fourth-order valence-corrected chi connectivity index (χ4v) is 1.73. The van der Waals surface area contributed by atoms with Gasteiger partial charge in [0.25, 0.3) is 0 Å². The van der Waals surface area contributed by atoms with Crippen molar-refractivity contribution >= 4 is 23.2 Å². The number of ether oxygens (including phenoxy) is 1. The standard InChI is InChI=1S/C16H18N2O2/c1-3-20-16(19)18-15-10-8-14(9-11-15)17-13-6-4-12(2)5-7-13/h4-11,17H,3H2,1-2H3,(H,18,19). The first kappa shape index (κ1) is 13.9. The van der Waals surface area contributed by atoms with E-state index in [-0.39, 0.29) is 0 Å². The third-order valence-corrected chi connectivity index (χ3v) is 2.75. The van der Waals surface area contributed by atoms with Crippen molar-refractivity contribution in [2.75, 3.05) is 17.2 Å². The highest BCUT2D eigenvalue weighted by Crippen LogP contribution is 2.19. The number of amides is 1. The number of carbonyl (C=O) groups is 1. The normalized spacial score (nSPS) is 9.90. The first-order valence-corrected chi connectivity index (χ1v) is 6.55. The van der Waals surface area contributed by atoms with E-state index in [0.29, 0.717) is 12.3 Å². The van der Waals surface area contributed by atoms with Crippen LogP contribution in [0.2, 0.25) is 0 Å². The number of aryl methyl sites for hydroxylation is 1. The highest BCUT2D eigenvalue weighted by molar-refractivity contribution is 5.84. The first-order valence-electron chi connectivity index (χ1n) is 6.55. The Morgan fingerprint density at radius 1 is 0.950 bits per heavy atom. The molecule has 4 nitrogen and oxygen atoms in total. The van der Waals surface area contributed by atoms with Gasteiger partial charge in [-0.15, -0.1) is 0 Å². The van der Waals surface area contributed by atoms with Crippen molar-refractivity contribution in [3.05, 3.63) is 54.1 Å². The van der Waals surface area contributed by atoms with Crippen molar-refractivity contribution in [2.45, 2.75) is 13.8 Å². The van der Waals surface area contributed by atoms with Crippen LogP contribution in [0.25, 0.3) is 0 Å². The van der Waals surface area contributed by atoms with Crippen LogP contribution in [0.4, 0.5) is 21.9 Å². The van der Waals surface area contributed by atoms with Crippen molar-refractivity contribution in [1.82, 2.24) is 0 Å². The minimum absolute atomic E-state index is 0.360. The molecule has 104 valence electrons. The number of hydrogen-bond donors (Lipinski definition) is 2. The molecule has 0 saturated carbocycles. The van der Waals surface area contributed by atoms with E-state index >= 15 is 0 Å². The largest absolute Gasteiger partial charge is 0.450 e. The van der Waals surface area contributed by atoms with E-state index in [4.69, 9.17) is 4.74 Å². The van der Waals surface area contributed by atoms with E-state index in [1.807, 2.05) is 36.4 Å². The van der Waals surface area contributed by atoms with E-state index in [9.17, 15) is 4.79 Å². The SMILES string of the molecule is CCOC(=O)Nc1ccc(Nc2ccc(C)cc2)cc1. The zero-order valence-electron chi connectivity index (χ0n) is 11.6. The average molecular weight is 270 g/mol. The molecule has 2 rings (SSSR count). The molecule has 20 heavy (non-hydrogen) atoms. The van der Waals surface area contributed by atoms with Gasteiger partial charge in [-0.3, -0.25) is 5.32 Å². The van der Waals surface area contributed by atoms with Crippen LogP contribution in [-0.2, 0) is 4.74 Å². The highest BCUT2D eigenvalue weighted by Gasteiger charge is 2.01. The molecule has 0 unspecified atom stereocenters. The summed E-state index contributed by atoms with van der Waals surface area (Å²) < 4.78 is 4.82. The van der Waals surface area contributed by atoms with Gasteiger partial charge in [0, 0.05) is 17.1 Å². The summed E-state index contributed by atoms with van der Waals surface area (Å²) >= 11 is 0. The summed E-state index contributed by atoms with van der Waals surface area (Å²) in [6, 6.07) is 15.6. The zero-order valence-corrected chi connectivity index (χ0v) is 11.6. The Bertz CT molecular complexity index is 562. The third-order valence-electron chi connectivity index (χ3n) is 2.75. The van der Waals surface area contributed by atoms with Crippen LogP contribution in [0.1, 0.15) is 12.5 Å². The van der Waals surface area contributed by atoms with Gasteiger partial charge in [-0.1, -0.05) is 17.7 Å². The molecule has 2 aromatic carbocycles. The topological polar surface area (TPSA) is 50.4 Å². The lowest BCUT2D eigenvalue weighted by molar-refractivity contribution is 0.168. The zero-order chi connectivity index (χ0) is 14.4. The Balaban J connectivity index is 1.97. The van der Waals surface area contributed by atoms with Crippen LogP contribution in [-0.4, -0.2) is 12.7 Å². The Morgan fingerprint density at radius 2 is 1.45 bits per heavy atom. The van der Waals surface area contributed by atoms with Crippen molar-refractivity contribution in [3.63, 3.8) is 0 Å². The van der Waals surface area contributed by atoms with Crippen molar-refractivity contribution in [1.29, 1.82) is 0 Å². The molecule has 0 aromatic heterocycles. The number of anilines is 3. The molecule has 1 amide bonds. The second-order valence-corrected chi connectivity index (χ2v) is 4.41. The predicted molar refractivity (Wildman–Crippen MR) is 81.5 cm³/mol. The van der Waals surface area contributed by atoms with Gasteiger partial charge < -0.3 is 10.1 Å². The van der Waals surface area contributed by atoms with Crippen molar-refractivity contribution in [3.8, 4) is 0 Å². The van der Waals surface area contributed by atoms with Crippen LogP contribution >= 0.6 is 0 Å². The van der Waals surface area contributed by atoms with Crippen LogP contribution in [0.3, 0.4) is 0 Å². The van der Waals surface area contributed by atoms with Gasteiger partial charge in [-0.25, -0.2) is 4.79 Å². The summed E-state index contributed by atoms with van der Waals surface area (Å²) in [5, 5.41) is 5.95. The van der Waals surface area contributed by atoms with Gasteiger partial charge in [0.05, 0.1) is 6.61 Å². The summed E-state index contributed by atoms with van der Waals surface area (Å²) in [7, 11) is 0. The lowest BCUT2D eigenvalue weighted by atomic mass is 10.2. The Morgan fingerprint density at radius 3 is 2.00 bits per heavy atom. The quantitative estimate of drug-likeness (QED) is 0.870. The molecular weight excluding hydrogens is 252 g/mol. The molecule has 4 heteroatoms. The van der Waals surface area contributed by atoms with E-state index in [2.05, 4.69) is 29.7 Å². The smallest absolute Gasteiger partial charge is 0.411 e. The van der Waals surface area contributed by atoms with Crippen LogP contribution in [0, 0.1) is 6.92 Å². The fourth-order valence-electron chi connectivity index (χ4n) is 1.73. The van der Waals surface area contributed by atoms with Crippen LogP contribution in [0.15, 0.2) is 48.5 Å². The summed E-state index contributed by atoms with van der Waals surface area (Å²) in [6.45, 7) is 4.19. The van der Waals surface area contributed by atoms with Crippen molar-refractivity contribution in [2.24, 2.45) is 0 Å². The minimum Gasteiger partial charge on any atom is -0.450 e. The summed E-state index contributed by atoms with van der Waals surface area (Å²) in [5.41, 5.74) is 3.92. The summed E-state index contributed by atoms with van der Waals surface area (Å²) in [6.07, 6.45) is -0.438. The number of rotatable bonds is 4.